The van der Waals surface area contributed by atoms with E-state index >= 15 is 0 Å². The van der Waals surface area contributed by atoms with Gasteiger partial charge in [-0.1, -0.05) is 35.0 Å². The van der Waals surface area contributed by atoms with Crippen LogP contribution in [-0.2, 0) is 0 Å². The molecule has 1 fully saturated rings. The summed E-state index contributed by atoms with van der Waals surface area (Å²) in [6, 6.07) is 0. The van der Waals surface area contributed by atoms with Crippen LogP contribution in [0.15, 0.2) is 12.2 Å². The minimum Gasteiger partial charge on any atom is -0.299 e. The SMILES string of the molecule is C=C(CBr)CN1CCSC(C)CC1. The van der Waals surface area contributed by atoms with E-state index in [0.29, 0.717) is 0 Å². The predicted molar refractivity (Wildman–Crippen MR) is 65.9 cm³/mol. The number of hydrogen-bond acceptors (Lipinski definition) is 2. The molecule has 0 aromatic carbocycles. The third-order valence-electron chi connectivity index (χ3n) is 2.30. The van der Waals surface area contributed by atoms with E-state index in [2.05, 4.69) is 46.1 Å². The first-order valence-corrected chi connectivity index (χ1v) is 6.96. The van der Waals surface area contributed by atoms with E-state index in [1.54, 1.807) is 0 Å². The molecule has 0 aromatic heterocycles. The maximum atomic E-state index is 4.02. The van der Waals surface area contributed by atoms with E-state index in [1.165, 1.54) is 30.8 Å². The molecule has 1 nitrogen and oxygen atoms in total. The van der Waals surface area contributed by atoms with E-state index in [1.807, 2.05) is 0 Å². The third kappa shape index (κ3) is 4.52. The summed E-state index contributed by atoms with van der Waals surface area (Å²) < 4.78 is 0. The van der Waals surface area contributed by atoms with Crippen LogP contribution in [0.1, 0.15) is 13.3 Å². The zero-order valence-electron chi connectivity index (χ0n) is 8.26. The molecule has 1 saturated heterocycles. The van der Waals surface area contributed by atoms with Crippen molar-refractivity contribution in [3.05, 3.63) is 12.2 Å². The zero-order chi connectivity index (χ0) is 9.68. The van der Waals surface area contributed by atoms with Gasteiger partial charge in [0.15, 0.2) is 0 Å². The molecule has 0 aromatic rings. The summed E-state index contributed by atoms with van der Waals surface area (Å²) in [5.41, 5.74) is 1.29. The zero-order valence-corrected chi connectivity index (χ0v) is 10.7. The van der Waals surface area contributed by atoms with Gasteiger partial charge in [-0.25, -0.2) is 0 Å². The van der Waals surface area contributed by atoms with Crippen LogP contribution in [0.2, 0.25) is 0 Å². The van der Waals surface area contributed by atoms with Crippen LogP contribution in [0.4, 0.5) is 0 Å². The van der Waals surface area contributed by atoms with Gasteiger partial charge in [0.1, 0.15) is 0 Å². The highest BCUT2D eigenvalue weighted by atomic mass is 79.9. The van der Waals surface area contributed by atoms with E-state index in [9.17, 15) is 0 Å². The van der Waals surface area contributed by atoms with Gasteiger partial charge in [-0.05, 0) is 13.0 Å². The Morgan fingerprint density at radius 1 is 1.62 bits per heavy atom. The van der Waals surface area contributed by atoms with Gasteiger partial charge in [0, 0.05) is 29.4 Å². The predicted octanol–water partition coefficient (Wildman–Crippen LogP) is 2.76. The van der Waals surface area contributed by atoms with Crippen molar-refractivity contribution in [2.45, 2.75) is 18.6 Å². The van der Waals surface area contributed by atoms with Gasteiger partial charge in [0.2, 0.25) is 0 Å². The van der Waals surface area contributed by atoms with Crippen molar-refractivity contribution in [3.63, 3.8) is 0 Å². The molecule has 1 rings (SSSR count). The molecule has 1 unspecified atom stereocenters. The Labute approximate surface area is 94.1 Å². The normalized spacial score (nSPS) is 25.5. The highest BCUT2D eigenvalue weighted by Crippen LogP contribution is 2.19. The molecule has 1 aliphatic heterocycles. The van der Waals surface area contributed by atoms with Crippen molar-refractivity contribution in [1.82, 2.24) is 4.90 Å². The van der Waals surface area contributed by atoms with E-state index in [0.717, 1.165) is 17.1 Å². The van der Waals surface area contributed by atoms with Crippen LogP contribution in [0.25, 0.3) is 0 Å². The lowest BCUT2D eigenvalue weighted by Crippen LogP contribution is -2.28. The Balaban J connectivity index is 2.29. The molecule has 0 amide bonds. The molecule has 1 heterocycles. The summed E-state index contributed by atoms with van der Waals surface area (Å²) in [7, 11) is 0. The molecule has 1 aliphatic rings. The van der Waals surface area contributed by atoms with Gasteiger partial charge < -0.3 is 0 Å². The molecular weight excluding hydrogens is 246 g/mol. The Kier molecular flexibility index (Phi) is 5.44. The first-order valence-electron chi connectivity index (χ1n) is 4.79. The molecule has 76 valence electrons. The number of alkyl halides is 1. The largest absolute Gasteiger partial charge is 0.299 e. The fourth-order valence-electron chi connectivity index (χ4n) is 1.46. The van der Waals surface area contributed by atoms with Crippen molar-refractivity contribution in [1.29, 1.82) is 0 Å². The van der Waals surface area contributed by atoms with Crippen molar-refractivity contribution < 1.29 is 0 Å². The van der Waals surface area contributed by atoms with Crippen LogP contribution < -0.4 is 0 Å². The summed E-state index contributed by atoms with van der Waals surface area (Å²) in [5, 5.41) is 1.77. The molecular formula is C10H18BrNS. The smallest absolute Gasteiger partial charge is 0.0251 e. The quantitative estimate of drug-likeness (QED) is 0.569. The molecule has 3 heteroatoms. The summed E-state index contributed by atoms with van der Waals surface area (Å²) in [6.07, 6.45) is 1.32. The first kappa shape index (κ1) is 11.6. The van der Waals surface area contributed by atoms with Gasteiger partial charge >= 0.3 is 0 Å². The van der Waals surface area contributed by atoms with Gasteiger partial charge in [-0.3, -0.25) is 4.90 Å². The summed E-state index contributed by atoms with van der Waals surface area (Å²) in [6.45, 7) is 9.88. The van der Waals surface area contributed by atoms with Gasteiger partial charge in [-0.15, -0.1) is 0 Å². The minimum absolute atomic E-state index is 0.835. The lowest BCUT2D eigenvalue weighted by molar-refractivity contribution is 0.317. The summed E-state index contributed by atoms with van der Waals surface area (Å²) in [4.78, 5) is 2.51. The number of nitrogens with zero attached hydrogens (tertiary/aromatic N) is 1. The van der Waals surface area contributed by atoms with Gasteiger partial charge in [-0.2, -0.15) is 11.8 Å². The van der Waals surface area contributed by atoms with E-state index in [-0.39, 0.29) is 0 Å². The molecule has 0 bridgehead atoms. The second-order valence-corrected chi connectivity index (χ2v) is 5.74. The molecule has 13 heavy (non-hydrogen) atoms. The molecule has 1 atom stereocenters. The van der Waals surface area contributed by atoms with Crippen LogP contribution in [0.5, 0.6) is 0 Å². The molecule has 0 N–H and O–H groups in total. The van der Waals surface area contributed by atoms with Crippen LogP contribution in [0, 0.1) is 0 Å². The molecule has 0 saturated carbocycles. The lowest BCUT2D eigenvalue weighted by atomic mass is 10.2. The first-order chi connectivity index (χ1) is 6.22. The third-order valence-corrected chi connectivity index (χ3v) is 4.31. The Bertz CT molecular complexity index is 172. The Morgan fingerprint density at radius 3 is 3.08 bits per heavy atom. The molecule has 0 aliphatic carbocycles. The monoisotopic (exact) mass is 263 g/mol. The van der Waals surface area contributed by atoms with Gasteiger partial charge in [0.25, 0.3) is 0 Å². The average Bonchev–Trinajstić information content (AvgIpc) is 2.31. The number of hydrogen-bond donors (Lipinski definition) is 0. The molecule has 0 radical (unpaired) electrons. The van der Waals surface area contributed by atoms with Crippen molar-refractivity contribution >= 4 is 27.7 Å². The Morgan fingerprint density at radius 2 is 2.38 bits per heavy atom. The minimum atomic E-state index is 0.835. The summed E-state index contributed by atoms with van der Waals surface area (Å²) >= 11 is 5.54. The van der Waals surface area contributed by atoms with Crippen LogP contribution >= 0.6 is 27.7 Å². The highest BCUT2D eigenvalue weighted by molar-refractivity contribution is 9.09. The maximum absolute atomic E-state index is 4.02. The van der Waals surface area contributed by atoms with Crippen LogP contribution in [0.3, 0.4) is 0 Å². The highest BCUT2D eigenvalue weighted by Gasteiger charge is 2.13. The Hall–Kier alpha value is 0.530. The average molecular weight is 264 g/mol. The van der Waals surface area contributed by atoms with E-state index < -0.39 is 0 Å². The maximum Gasteiger partial charge on any atom is 0.0251 e. The van der Waals surface area contributed by atoms with Gasteiger partial charge in [0.05, 0.1) is 0 Å². The van der Waals surface area contributed by atoms with Crippen molar-refractivity contribution in [2.75, 3.05) is 30.7 Å². The standard InChI is InChI=1S/C10H18BrNS/c1-9(7-11)8-12-4-3-10(2)13-6-5-12/h10H,1,3-8H2,2H3. The number of rotatable bonds is 3. The second-order valence-electron chi connectivity index (χ2n) is 3.63. The van der Waals surface area contributed by atoms with E-state index in [4.69, 9.17) is 0 Å². The van der Waals surface area contributed by atoms with Crippen molar-refractivity contribution in [3.8, 4) is 0 Å². The number of halogens is 1. The number of thioether (sulfide) groups is 1. The fraction of sp³-hybridized carbons (Fsp3) is 0.800. The summed E-state index contributed by atoms with van der Waals surface area (Å²) in [5.74, 6) is 1.27. The lowest BCUT2D eigenvalue weighted by Gasteiger charge is -2.19. The second kappa shape index (κ2) is 6.10. The van der Waals surface area contributed by atoms with Crippen LogP contribution in [-0.4, -0.2) is 40.9 Å². The topological polar surface area (TPSA) is 3.24 Å². The molecule has 0 spiro atoms. The van der Waals surface area contributed by atoms with Crippen molar-refractivity contribution in [2.24, 2.45) is 0 Å². The fourth-order valence-corrected chi connectivity index (χ4v) is 2.67.